The number of methoxy groups -OCH3 is 1. The zero-order valence-electron chi connectivity index (χ0n) is 12.3. The SMILES string of the molecule is COC(C)CNCC(O)Cn1nc(C)c([N+](=O)[O-])c1C. The van der Waals surface area contributed by atoms with Gasteiger partial charge in [-0.3, -0.25) is 14.8 Å². The van der Waals surface area contributed by atoms with Crippen molar-refractivity contribution in [1.82, 2.24) is 15.1 Å². The summed E-state index contributed by atoms with van der Waals surface area (Å²) in [6, 6.07) is 0. The summed E-state index contributed by atoms with van der Waals surface area (Å²) in [5.74, 6) is 0. The molecule has 0 aliphatic rings. The molecule has 20 heavy (non-hydrogen) atoms. The van der Waals surface area contributed by atoms with Crippen LogP contribution in [0.2, 0.25) is 0 Å². The maximum Gasteiger partial charge on any atom is 0.312 e. The lowest BCUT2D eigenvalue weighted by Gasteiger charge is -2.15. The van der Waals surface area contributed by atoms with Crippen molar-refractivity contribution in [2.24, 2.45) is 0 Å². The van der Waals surface area contributed by atoms with Crippen molar-refractivity contribution in [2.75, 3.05) is 20.2 Å². The molecule has 0 saturated carbocycles. The van der Waals surface area contributed by atoms with Crippen LogP contribution < -0.4 is 5.32 Å². The number of ether oxygens (including phenoxy) is 1. The highest BCUT2D eigenvalue weighted by Gasteiger charge is 2.22. The fourth-order valence-corrected chi connectivity index (χ4v) is 1.93. The highest BCUT2D eigenvalue weighted by atomic mass is 16.6. The lowest BCUT2D eigenvalue weighted by molar-refractivity contribution is -0.386. The van der Waals surface area contributed by atoms with Gasteiger partial charge in [0, 0.05) is 20.2 Å². The van der Waals surface area contributed by atoms with Gasteiger partial charge in [0.25, 0.3) is 0 Å². The molecule has 0 spiro atoms. The summed E-state index contributed by atoms with van der Waals surface area (Å²) < 4.78 is 6.55. The first-order chi connectivity index (χ1) is 9.36. The standard InChI is InChI=1S/C12H22N4O4/c1-8(20-4)5-13-6-11(17)7-15-10(3)12(16(18)19)9(2)14-15/h8,11,13,17H,5-7H2,1-4H3. The zero-order valence-corrected chi connectivity index (χ0v) is 12.3. The van der Waals surface area contributed by atoms with Crippen LogP contribution >= 0.6 is 0 Å². The molecule has 0 fully saturated rings. The van der Waals surface area contributed by atoms with Crippen LogP contribution in [-0.4, -0.2) is 52.2 Å². The first-order valence-corrected chi connectivity index (χ1v) is 6.46. The average Bonchev–Trinajstić information content (AvgIpc) is 2.63. The number of aryl methyl sites for hydroxylation is 1. The van der Waals surface area contributed by atoms with E-state index in [1.165, 1.54) is 4.68 Å². The first-order valence-electron chi connectivity index (χ1n) is 6.46. The van der Waals surface area contributed by atoms with Gasteiger partial charge in [0.05, 0.1) is 23.7 Å². The lowest BCUT2D eigenvalue weighted by atomic mass is 10.3. The molecular weight excluding hydrogens is 264 g/mol. The second-order valence-electron chi connectivity index (χ2n) is 4.82. The molecule has 0 bridgehead atoms. The Balaban J connectivity index is 2.56. The van der Waals surface area contributed by atoms with E-state index in [1.807, 2.05) is 6.92 Å². The van der Waals surface area contributed by atoms with Crippen LogP contribution in [0.15, 0.2) is 0 Å². The smallest absolute Gasteiger partial charge is 0.312 e. The van der Waals surface area contributed by atoms with Crippen LogP contribution in [0.3, 0.4) is 0 Å². The van der Waals surface area contributed by atoms with Crippen LogP contribution in [0.4, 0.5) is 5.69 Å². The van der Waals surface area contributed by atoms with E-state index in [9.17, 15) is 15.2 Å². The third-order valence-electron chi connectivity index (χ3n) is 3.12. The van der Waals surface area contributed by atoms with E-state index in [1.54, 1.807) is 21.0 Å². The number of rotatable bonds is 8. The number of nitrogens with one attached hydrogen (secondary N) is 1. The Kier molecular flexibility index (Phi) is 6.05. The predicted molar refractivity (Wildman–Crippen MR) is 73.7 cm³/mol. The van der Waals surface area contributed by atoms with E-state index in [0.717, 1.165) is 0 Å². The monoisotopic (exact) mass is 286 g/mol. The topological polar surface area (TPSA) is 102 Å². The summed E-state index contributed by atoms with van der Waals surface area (Å²) >= 11 is 0. The van der Waals surface area contributed by atoms with Gasteiger partial charge in [-0.2, -0.15) is 5.10 Å². The molecule has 2 N–H and O–H groups in total. The molecular formula is C12H22N4O4. The third kappa shape index (κ3) is 4.26. The maximum absolute atomic E-state index is 10.9. The Labute approximate surface area is 117 Å². The lowest BCUT2D eigenvalue weighted by Crippen LogP contribution is -2.35. The molecule has 2 unspecified atom stereocenters. The Bertz CT molecular complexity index is 461. The van der Waals surface area contributed by atoms with Gasteiger partial charge in [-0.1, -0.05) is 0 Å². The van der Waals surface area contributed by atoms with Gasteiger partial charge in [-0.05, 0) is 20.8 Å². The van der Waals surface area contributed by atoms with Gasteiger partial charge in [0.2, 0.25) is 0 Å². The Morgan fingerprint density at radius 3 is 2.65 bits per heavy atom. The van der Waals surface area contributed by atoms with Crippen molar-refractivity contribution in [2.45, 2.75) is 39.5 Å². The number of nitrogens with zero attached hydrogens (tertiary/aromatic N) is 3. The van der Waals surface area contributed by atoms with Crippen molar-refractivity contribution in [3.63, 3.8) is 0 Å². The molecule has 1 aromatic rings. The van der Waals surface area contributed by atoms with E-state index in [0.29, 0.717) is 24.5 Å². The molecule has 8 nitrogen and oxygen atoms in total. The third-order valence-corrected chi connectivity index (χ3v) is 3.12. The van der Waals surface area contributed by atoms with Crippen molar-refractivity contribution < 1.29 is 14.8 Å². The van der Waals surface area contributed by atoms with Gasteiger partial charge < -0.3 is 15.2 Å². The Hall–Kier alpha value is -1.51. The minimum Gasteiger partial charge on any atom is -0.390 e. The van der Waals surface area contributed by atoms with E-state index < -0.39 is 11.0 Å². The molecule has 0 aromatic carbocycles. The minimum atomic E-state index is -0.670. The summed E-state index contributed by atoms with van der Waals surface area (Å²) in [7, 11) is 1.62. The van der Waals surface area contributed by atoms with E-state index in [2.05, 4.69) is 10.4 Å². The van der Waals surface area contributed by atoms with Crippen LogP contribution in [-0.2, 0) is 11.3 Å². The van der Waals surface area contributed by atoms with Crippen molar-refractivity contribution >= 4 is 5.69 Å². The number of aliphatic hydroxyl groups excluding tert-OH is 1. The summed E-state index contributed by atoms with van der Waals surface area (Å²) in [6.07, 6.45) is -0.603. The molecule has 0 aliphatic heterocycles. The molecule has 1 heterocycles. The zero-order chi connectivity index (χ0) is 15.3. The number of hydrogen-bond donors (Lipinski definition) is 2. The quantitative estimate of drug-likeness (QED) is 0.529. The molecule has 2 atom stereocenters. The fraction of sp³-hybridized carbons (Fsp3) is 0.750. The van der Waals surface area contributed by atoms with Gasteiger partial charge in [0.15, 0.2) is 0 Å². The molecule has 0 radical (unpaired) electrons. The normalized spacial score (nSPS) is 14.2. The van der Waals surface area contributed by atoms with E-state index in [-0.39, 0.29) is 18.3 Å². The molecule has 0 saturated heterocycles. The van der Waals surface area contributed by atoms with Gasteiger partial charge in [0.1, 0.15) is 11.4 Å². The number of aromatic nitrogens is 2. The summed E-state index contributed by atoms with van der Waals surface area (Å²) in [5, 5.41) is 28.0. The highest BCUT2D eigenvalue weighted by molar-refractivity contribution is 5.39. The molecule has 1 rings (SSSR count). The second kappa shape index (κ2) is 7.32. The van der Waals surface area contributed by atoms with Gasteiger partial charge in [-0.25, -0.2) is 0 Å². The summed E-state index contributed by atoms with van der Waals surface area (Å²) in [5.41, 5.74) is 0.829. The fourth-order valence-electron chi connectivity index (χ4n) is 1.93. The number of aliphatic hydroxyl groups is 1. The van der Waals surface area contributed by atoms with Crippen molar-refractivity contribution in [3.05, 3.63) is 21.5 Å². The molecule has 8 heteroatoms. The average molecular weight is 286 g/mol. The van der Waals surface area contributed by atoms with Crippen molar-refractivity contribution in [1.29, 1.82) is 0 Å². The highest BCUT2D eigenvalue weighted by Crippen LogP contribution is 2.21. The van der Waals surface area contributed by atoms with Crippen LogP contribution in [0, 0.1) is 24.0 Å². The minimum absolute atomic E-state index is 0.0122. The van der Waals surface area contributed by atoms with E-state index >= 15 is 0 Å². The predicted octanol–water partition coefficient (Wildman–Crippen LogP) is 0.394. The summed E-state index contributed by atoms with van der Waals surface area (Å²) in [4.78, 5) is 10.4. The van der Waals surface area contributed by atoms with Crippen LogP contribution in [0.1, 0.15) is 18.3 Å². The molecule has 0 amide bonds. The van der Waals surface area contributed by atoms with E-state index in [4.69, 9.17) is 4.74 Å². The first kappa shape index (κ1) is 16.5. The van der Waals surface area contributed by atoms with Crippen molar-refractivity contribution in [3.8, 4) is 0 Å². The Morgan fingerprint density at radius 2 is 2.15 bits per heavy atom. The summed E-state index contributed by atoms with van der Waals surface area (Å²) in [6.45, 7) is 6.36. The number of hydrogen-bond acceptors (Lipinski definition) is 6. The molecule has 114 valence electrons. The van der Waals surface area contributed by atoms with Crippen LogP contribution in [0.25, 0.3) is 0 Å². The van der Waals surface area contributed by atoms with Gasteiger partial charge in [-0.15, -0.1) is 0 Å². The number of nitro groups is 1. The largest absolute Gasteiger partial charge is 0.390 e. The van der Waals surface area contributed by atoms with Crippen LogP contribution in [0.5, 0.6) is 0 Å². The maximum atomic E-state index is 10.9. The molecule has 1 aromatic heterocycles. The Morgan fingerprint density at radius 1 is 1.50 bits per heavy atom. The van der Waals surface area contributed by atoms with Gasteiger partial charge >= 0.3 is 5.69 Å². The second-order valence-corrected chi connectivity index (χ2v) is 4.82. The molecule has 0 aliphatic carbocycles.